The summed E-state index contributed by atoms with van der Waals surface area (Å²) in [4.78, 5) is 18.3. The highest BCUT2D eigenvalue weighted by Gasteiger charge is 2.15. The molecule has 25 heavy (non-hydrogen) atoms. The molecular weight excluding hydrogens is 361 g/mol. The van der Waals surface area contributed by atoms with Crippen LogP contribution >= 0.6 is 23.2 Å². The molecule has 0 saturated heterocycles. The van der Waals surface area contributed by atoms with Crippen LogP contribution < -0.4 is 0 Å². The van der Waals surface area contributed by atoms with Crippen LogP contribution in [-0.2, 0) is 6.42 Å². The molecule has 0 atom stereocenters. The van der Waals surface area contributed by atoms with E-state index in [9.17, 15) is 4.79 Å². The fraction of sp³-hybridized carbons (Fsp3) is 0.167. The number of carbonyl (C=O) groups excluding carboxylic acids is 1. The van der Waals surface area contributed by atoms with E-state index in [1.54, 1.807) is 42.3 Å². The number of carbonyl (C=O) groups is 1. The maximum atomic E-state index is 12.4. The van der Waals surface area contributed by atoms with Crippen LogP contribution in [0.5, 0.6) is 0 Å². The number of benzene rings is 2. The monoisotopic (exact) mass is 375 g/mol. The maximum absolute atomic E-state index is 12.4. The Hall–Kier alpha value is -2.37. The van der Waals surface area contributed by atoms with Gasteiger partial charge < -0.3 is 9.42 Å². The van der Waals surface area contributed by atoms with Crippen LogP contribution in [0.2, 0.25) is 10.0 Å². The van der Waals surface area contributed by atoms with Crippen LogP contribution in [0.4, 0.5) is 0 Å². The smallest absolute Gasteiger partial charge is 0.259 e. The molecule has 7 heteroatoms. The zero-order valence-electron chi connectivity index (χ0n) is 13.4. The van der Waals surface area contributed by atoms with Crippen molar-refractivity contribution < 1.29 is 9.32 Å². The van der Waals surface area contributed by atoms with E-state index in [0.29, 0.717) is 45.9 Å². The summed E-state index contributed by atoms with van der Waals surface area (Å²) in [5.41, 5.74) is 1.23. The molecule has 1 aromatic heterocycles. The van der Waals surface area contributed by atoms with Gasteiger partial charge in [0.1, 0.15) is 0 Å². The van der Waals surface area contributed by atoms with Crippen molar-refractivity contribution >= 4 is 29.1 Å². The van der Waals surface area contributed by atoms with Gasteiger partial charge in [-0.05, 0) is 30.3 Å². The number of nitrogens with zero attached hydrogens (tertiary/aromatic N) is 3. The minimum absolute atomic E-state index is 0.114. The Balaban J connectivity index is 1.64. The standard InChI is InChI=1S/C18H15Cl2N3O2/c1-23(18(24)12-5-4-6-13(19)11-12)10-9-16-21-17(25-22-16)14-7-2-3-8-15(14)20/h2-8,11H,9-10H2,1H3. The number of likely N-dealkylation sites (N-methyl/N-ethyl adjacent to an activating group) is 1. The lowest BCUT2D eigenvalue weighted by Gasteiger charge is -2.16. The SMILES string of the molecule is CN(CCc1noc(-c2ccccc2Cl)n1)C(=O)c1cccc(Cl)c1. The minimum atomic E-state index is -0.114. The molecule has 5 nitrogen and oxygen atoms in total. The number of rotatable bonds is 5. The van der Waals surface area contributed by atoms with Crippen molar-refractivity contribution in [2.45, 2.75) is 6.42 Å². The largest absolute Gasteiger partial charge is 0.341 e. The number of halogens is 2. The quantitative estimate of drug-likeness (QED) is 0.664. The van der Waals surface area contributed by atoms with Gasteiger partial charge in [-0.2, -0.15) is 4.98 Å². The molecule has 0 saturated carbocycles. The number of aromatic nitrogens is 2. The molecule has 0 bridgehead atoms. The molecule has 0 fully saturated rings. The fourth-order valence-corrected chi connectivity index (χ4v) is 2.72. The molecule has 0 aliphatic carbocycles. The molecule has 0 N–H and O–H groups in total. The molecule has 0 unspecified atom stereocenters. The van der Waals surface area contributed by atoms with Crippen molar-refractivity contribution in [2.75, 3.05) is 13.6 Å². The summed E-state index contributed by atoms with van der Waals surface area (Å²) >= 11 is 12.1. The first-order chi connectivity index (χ1) is 12.0. The van der Waals surface area contributed by atoms with Gasteiger partial charge in [0.25, 0.3) is 11.8 Å². The Bertz CT molecular complexity index is 895. The maximum Gasteiger partial charge on any atom is 0.259 e. The van der Waals surface area contributed by atoms with Gasteiger partial charge in [0.05, 0.1) is 10.6 Å². The molecule has 1 heterocycles. The molecule has 128 valence electrons. The van der Waals surface area contributed by atoms with Crippen molar-refractivity contribution in [3.05, 3.63) is 70.0 Å². The summed E-state index contributed by atoms with van der Waals surface area (Å²) in [6.45, 7) is 0.451. The highest BCUT2D eigenvalue weighted by atomic mass is 35.5. The first-order valence-corrected chi connectivity index (χ1v) is 8.38. The number of hydrogen-bond acceptors (Lipinski definition) is 4. The van der Waals surface area contributed by atoms with Crippen molar-refractivity contribution in [1.29, 1.82) is 0 Å². The third-order valence-corrected chi connectivity index (χ3v) is 4.23. The van der Waals surface area contributed by atoms with E-state index in [4.69, 9.17) is 27.7 Å². The zero-order valence-corrected chi connectivity index (χ0v) is 15.0. The van der Waals surface area contributed by atoms with Gasteiger partial charge >= 0.3 is 0 Å². The van der Waals surface area contributed by atoms with Crippen LogP contribution in [0.1, 0.15) is 16.2 Å². The zero-order chi connectivity index (χ0) is 17.8. The molecule has 2 aromatic carbocycles. The average Bonchev–Trinajstić information content (AvgIpc) is 3.08. The third kappa shape index (κ3) is 4.18. The normalized spacial score (nSPS) is 10.7. The average molecular weight is 376 g/mol. The Morgan fingerprint density at radius 3 is 2.72 bits per heavy atom. The number of amides is 1. The van der Waals surface area contributed by atoms with Gasteiger partial charge in [-0.1, -0.05) is 46.6 Å². The Kier molecular flexibility index (Phi) is 5.36. The predicted molar refractivity (Wildman–Crippen MR) is 96.9 cm³/mol. The van der Waals surface area contributed by atoms with Crippen LogP contribution in [0.15, 0.2) is 53.1 Å². The second-order valence-corrected chi connectivity index (χ2v) is 6.33. The van der Waals surface area contributed by atoms with Crippen molar-refractivity contribution in [3.63, 3.8) is 0 Å². The van der Waals surface area contributed by atoms with Gasteiger partial charge in [0, 0.05) is 30.6 Å². The summed E-state index contributed by atoms with van der Waals surface area (Å²) in [7, 11) is 1.72. The first-order valence-electron chi connectivity index (χ1n) is 7.63. The van der Waals surface area contributed by atoms with E-state index >= 15 is 0 Å². The van der Waals surface area contributed by atoms with Gasteiger partial charge in [-0.3, -0.25) is 4.79 Å². The van der Waals surface area contributed by atoms with Gasteiger partial charge in [0.15, 0.2) is 5.82 Å². The van der Waals surface area contributed by atoms with Crippen molar-refractivity contribution in [3.8, 4) is 11.5 Å². The lowest BCUT2D eigenvalue weighted by molar-refractivity contribution is 0.0796. The van der Waals surface area contributed by atoms with Gasteiger partial charge in [0.2, 0.25) is 0 Å². The molecule has 0 spiro atoms. The summed E-state index contributed by atoms with van der Waals surface area (Å²) in [6.07, 6.45) is 0.469. The lowest BCUT2D eigenvalue weighted by Crippen LogP contribution is -2.29. The molecular formula is C18H15Cl2N3O2. The first kappa shape index (κ1) is 17.5. The van der Waals surface area contributed by atoms with E-state index < -0.39 is 0 Å². The Labute approximate surface area is 155 Å². The third-order valence-electron chi connectivity index (χ3n) is 3.66. The fourth-order valence-electron chi connectivity index (χ4n) is 2.31. The predicted octanol–water partition coefficient (Wildman–Crippen LogP) is 4.36. The van der Waals surface area contributed by atoms with E-state index in [0.717, 1.165) is 0 Å². The lowest BCUT2D eigenvalue weighted by atomic mass is 10.2. The molecule has 1 amide bonds. The number of hydrogen-bond donors (Lipinski definition) is 0. The van der Waals surface area contributed by atoms with Crippen LogP contribution in [-0.4, -0.2) is 34.5 Å². The van der Waals surface area contributed by atoms with E-state index in [1.165, 1.54) is 0 Å². The van der Waals surface area contributed by atoms with Crippen molar-refractivity contribution in [1.82, 2.24) is 15.0 Å². The Morgan fingerprint density at radius 1 is 1.16 bits per heavy atom. The summed E-state index contributed by atoms with van der Waals surface area (Å²) in [5.74, 6) is 0.766. The molecule has 0 aliphatic heterocycles. The van der Waals surface area contributed by atoms with E-state index in [1.807, 2.05) is 18.2 Å². The Morgan fingerprint density at radius 2 is 1.96 bits per heavy atom. The highest BCUT2D eigenvalue weighted by molar-refractivity contribution is 6.33. The van der Waals surface area contributed by atoms with E-state index in [2.05, 4.69) is 10.1 Å². The highest BCUT2D eigenvalue weighted by Crippen LogP contribution is 2.25. The van der Waals surface area contributed by atoms with Crippen LogP contribution in [0.25, 0.3) is 11.5 Å². The second kappa shape index (κ2) is 7.68. The summed E-state index contributed by atoms with van der Waals surface area (Å²) < 4.78 is 5.26. The molecule has 3 aromatic rings. The van der Waals surface area contributed by atoms with Crippen LogP contribution in [0.3, 0.4) is 0 Å². The molecule has 0 radical (unpaired) electrons. The second-order valence-electron chi connectivity index (χ2n) is 5.48. The van der Waals surface area contributed by atoms with Crippen molar-refractivity contribution in [2.24, 2.45) is 0 Å². The molecule has 3 rings (SSSR count). The molecule has 0 aliphatic rings. The van der Waals surface area contributed by atoms with E-state index in [-0.39, 0.29) is 5.91 Å². The summed E-state index contributed by atoms with van der Waals surface area (Å²) in [5, 5.41) is 5.02. The minimum Gasteiger partial charge on any atom is -0.341 e. The topological polar surface area (TPSA) is 59.2 Å². The van der Waals surface area contributed by atoms with Gasteiger partial charge in [-0.15, -0.1) is 0 Å². The van der Waals surface area contributed by atoms with Crippen LogP contribution in [0, 0.1) is 0 Å². The summed E-state index contributed by atoms with van der Waals surface area (Å²) in [6, 6.07) is 14.1. The van der Waals surface area contributed by atoms with Gasteiger partial charge in [-0.25, -0.2) is 0 Å².